The number of aryl methyl sites for hydroxylation is 3. The summed E-state index contributed by atoms with van der Waals surface area (Å²) in [5, 5.41) is 3.38. The van der Waals surface area contributed by atoms with Gasteiger partial charge in [0.15, 0.2) is 0 Å². The van der Waals surface area contributed by atoms with Crippen LogP contribution in [0, 0.1) is 20.8 Å². The summed E-state index contributed by atoms with van der Waals surface area (Å²) >= 11 is 5.79. The molecule has 88 valence electrons. The molecule has 0 saturated carbocycles. The number of rotatable bonds is 2. The summed E-state index contributed by atoms with van der Waals surface area (Å²) in [6.07, 6.45) is 0. The molecule has 0 aliphatic rings. The Morgan fingerprint density at radius 2 is 1.65 bits per heavy atom. The maximum absolute atomic E-state index is 5.79. The van der Waals surface area contributed by atoms with E-state index in [2.05, 4.69) is 20.3 Å². The second kappa shape index (κ2) is 4.67. The molecule has 0 amide bonds. The van der Waals surface area contributed by atoms with Gasteiger partial charge in [-0.15, -0.1) is 0 Å². The maximum atomic E-state index is 5.79. The monoisotopic (exact) mass is 248 g/mol. The minimum Gasteiger partial charge on any atom is -0.324 e. The van der Waals surface area contributed by atoms with Crippen molar-refractivity contribution in [2.45, 2.75) is 20.8 Å². The minimum atomic E-state index is 0.200. The first-order valence-corrected chi connectivity index (χ1v) is 5.65. The van der Waals surface area contributed by atoms with Gasteiger partial charge in [0.1, 0.15) is 5.82 Å². The fourth-order valence-electron chi connectivity index (χ4n) is 1.63. The molecule has 17 heavy (non-hydrogen) atoms. The van der Waals surface area contributed by atoms with Gasteiger partial charge in [0.25, 0.3) is 0 Å². The quantitative estimate of drug-likeness (QED) is 0.887. The third-order valence-corrected chi connectivity index (χ3v) is 2.61. The molecule has 4 nitrogen and oxygen atoms in total. The van der Waals surface area contributed by atoms with Gasteiger partial charge in [0.05, 0.1) is 0 Å². The molecule has 0 aliphatic heterocycles. The second-order valence-corrected chi connectivity index (χ2v) is 4.21. The van der Waals surface area contributed by atoms with E-state index in [-0.39, 0.29) is 5.28 Å². The van der Waals surface area contributed by atoms with Crippen LogP contribution in [0.2, 0.25) is 5.28 Å². The molecule has 2 aromatic rings. The second-order valence-electron chi connectivity index (χ2n) is 3.87. The zero-order valence-electron chi connectivity index (χ0n) is 9.95. The lowest BCUT2D eigenvalue weighted by Gasteiger charge is -2.11. The molecule has 0 fully saturated rings. The van der Waals surface area contributed by atoms with Gasteiger partial charge < -0.3 is 5.32 Å². The molecule has 1 aromatic heterocycles. The predicted octanol–water partition coefficient (Wildman–Crippen LogP) is 3.19. The summed E-state index contributed by atoms with van der Waals surface area (Å²) in [4.78, 5) is 12.2. The normalized spacial score (nSPS) is 10.4. The highest BCUT2D eigenvalue weighted by atomic mass is 35.5. The Morgan fingerprint density at radius 3 is 2.24 bits per heavy atom. The van der Waals surface area contributed by atoms with Crippen molar-refractivity contribution in [1.82, 2.24) is 15.0 Å². The largest absolute Gasteiger partial charge is 0.324 e. The third-order valence-electron chi connectivity index (χ3n) is 2.44. The van der Waals surface area contributed by atoms with Gasteiger partial charge in [-0.3, -0.25) is 0 Å². The predicted molar refractivity (Wildman–Crippen MR) is 68.8 cm³/mol. The van der Waals surface area contributed by atoms with Crippen LogP contribution >= 0.6 is 11.6 Å². The Balaban J connectivity index is 2.38. The highest BCUT2D eigenvalue weighted by Crippen LogP contribution is 2.22. The van der Waals surface area contributed by atoms with Crippen molar-refractivity contribution in [2.24, 2.45) is 0 Å². The van der Waals surface area contributed by atoms with Crippen molar-refractivity contribution < 1.29 is 0 Å². The van der Waals surface area contributed by atoms with Crippen LogP contribution in [0.15, 0.2) is 18.2 Å². The molecule has 0 radical (unpaired) electrons. The Labute approximate surface area is 105 Å². The van der Waals surface area contributed by atoms with Gasteiger partial charge in [-0.1, -0.05) is 18.2 Å². The number of anilines is 2. The average molecular weight is 249 g/mol. The highest BCUT2D eigenvalue weighted by molar-refractivity contribution is 6.28. The van der Waals surface area contributed by atoms with Crippen LogP contribution in [0.1, 0.15) is 17.0 Å². The van der Waals surface area contributed by atoms with Crippen molar-refractivity contribution in [2.75, 3.05) is 5.32 Å². The van der Waals surface area contributed by atoms with E-state index in [1.807, 2.05) is 32.0 Å². The molecule has 5 heteroatoms. The molecule has 0 bridgehead atoms. The summed E-state index contributed by atoms with van der Waals surface area (Å²) in [5.41, 5.74) is 3.28. The van der Waals surface area contributed by atoms with Crippen LogP contribution in [-0.2, 0) is 0 Å². The Hall–Kier alpha value is -1.68. The SMILES string of the molecule is Cc1nc(Cl)nc(Nc2c(C)cccc2C)n1. The summed E-state index contributed by atoms with van der Waals surface area (Å²) < 4.78 is 0. The highest BCUT2D eigenvalue weighted by Gasteiger charge is 2.06. The van der Waals surface area contributed by atoms with Gasteiger partial charge in [0.2, 0.25) is 11.2 Å². The first-order chi connectivity index (χ1) is 8.06. The molecule has 0 unspecified atom stereocenters. The Kier molecular flexibility index (Phi) is 3.24. The maximum Gasteiger partial charge on any atom is 0.231 e. The van der Waals surface area contributed by atoms with Crippen molar-refractivity contribution in [1.29, 1.82) is 0 Å². The first-order valence-electron chi connectivity index (χ1n) is 5.27. The molecule has 1 heterocycles. The smallest absolute Gasteiger partial charge is 0.231 e. The van der Waals surface area contributed by atoms with Crippen LogP contribution in [0.5, 0.6) is 0 Å². The van der Waals surface area contributed by atoms with E-state index in [0.717, 1.165) is 16.8 Å². The van der Waals surface area contributed by atoms with Crippen LogP contribution < -0.4 is 5.32 Å². The van der Waals surface area contributed by atoms with Crippen molar-refractivity contribution in [3.8, 4) is 0 Å². The topological polar surface area (TPSA) is 50.7 Å². The first kappa shape index (κ1) is 11.8. The van der Waals surface area contributed by atoms with Gasteiger partial charge >= 0.3 is 0 Å². The summed E-state index contributed by atoms with van der Waals surface area (Å²) in [7, 11) is 0. The number of hydrogen-bond donors (Lipinski definition) is 1. The van der Waals surface area contributed by atoms with Crippen LogP contribution in [0.25, 0.3) is 0 Å². The lowest BCUT2D eigenvalue weighted by Crippen LogP contribution is -2.03. The van der Waals surface area contributed by atoms with Crippen LogP contribution in [0.4, 0.5) is 11.6 Å². The number of nitrogens with zero attached hydrogens (tertiary/aromatic N) is 3. The molecule has 0 aliphatic carbocycles. The number of hydrogen-bond acceptors (Lipinski definition) is 4. The Morgan fingerprint density at radius 1 is 1.00 bits per heavy atom. The molecule has 0 saturated heterocycles. The minimum absolute atomic E-state index is 0.200. The number of nitrogens with one attached hydrogen (secondary N) is 1. The molecule has 1 aromatic carbocycles. The van der Waals surface area contributed by atoms with E-state index in [1.165, 1.54) is 0 Å². The fraction of sp³-hybridized carbons (Fsp3) is 0.250. The number of halogens is 1. The zero-order valence-corrected chi connectivity index (χ0v) is 10.7. The van der Waals surface area contributed by atoms with Crippen molar-refractivity contribution >= 4 is 23.2 Å². The van der Waals surface area contributed by atoms with Gasteiger partial charge in [-0.25, -0.2) is 4.98 Å². The fourth-order valence-corrected chi connectivity index (χ4v) is 1.83. The summed E-state index contributed by atoms with van der Waals surface area (Å²) in [6, 6.07) is 6.08. The molecular weight excluding hydrogens is 236 g/mol. The van der Waals surface area contributed by atoms with E-state index in [0.29, 0.717) is 11.8 Å². The Bertz CT molecular complexity index is 514. The molecule has 2 rings (SSSR count). The van der Waals surface area contributed by atoms with Crippen molar-refractivity contribution in [3.63, 3.8) is 0 Å². The molecular formula is C12H13ClN4. The van der Waals surface area contributed by atoms with E-state index in [4.69, 9.17) is 11.6 Å². The van der Waals surface area contributed by atoms with Gasteiger partial charge in [-0.2, -0.15) is 9.97 Å². The standard InChI is InChI=1S/C12H13ClN4/c1-7-5-4-6-8(2)10(7)16-12-15-9(3)14-11(13)17-12/h4-6H,1-3H3,(H,14,15,16,17). The van der Waals surface area contributed by atoms with Crippen LogP contribution in [0.3, 0.4) is 0 Å². The number of para-hydroxylation sites is 1. The van der Waals surface area contributed by atoms with Gasteiger partial charge in [0, 0.05) is 5.69 Å². The molecule has 1 N–H and O–H groups in total. The average Bonchev–Trinajstić information content (AvgIpc) is 2.22. The lowest BCUT2D eigenvalue weighted by atomic mass is 10.1. The number of aromatic nitrogens is 3. The van der Waals surface area contributed by atoms with Crippen LogP contribution in [-0.4, -0.2) is 15.0 Å². The van der Waals surface area contributed by atoms with E-state index in [1.54, 1.807) is 6.92 Å². The third kappa shape index (κ3) is 2.71. The van der Waals surface area contributed by atoms with E-state index < -0.39 is 0 Å². The molecule has 0 spiro atoms. The zero-order chi connectivity index (χ0) is 12.4. The molecule has 0 atom stereocenters. The van der Waals surface area contributed by atoms with E-state index >= 15 is 0 Å². The van der Waals surface area contributed by atoms with Gasteiger partial charge in [-0.05, 0) is 43.5 Å². The van der Waals surface area contributed by atoms with Crippen molar-refractivity contribution in [3.05, 3.63) is 40.4 Å². The summed E-state index contributed by atoms with van der Waals surface area (Å²) in [6.45, 7) is 5.85. The van der Waals surface area contributed by atoms with E-state index in [9.17, 15) is 0 Å². The lowest BCUT2D eigenvalue weighted by molar-refractivity contribution is 0.981. The summed E-state index contributed by atoms with van der Waals surface area (Å²) in [5.74, 6) is 1.07. The number of benzene rings is 1.